The van der Waals surface area contributed by atoms with Gasteiger partial charge in [0.25, 0.3) is 26.0 Å². The lowest BCUT2D eigenvalue weighted by molar-refractivity contribution is 0.102. The van der Waals surface area contributed by atoms with Crippen molar-refractivity contribution in [3.8, 4) is 0 Å². The van der Waals surface area contributed by atoms with Crippen LogP contribution >= 0.6 is 22.9 Å². The lowest BCUT2D eigenvalue weighted by Gasteiger charge is -2.18. The standard InChI is InChI=1S/C24H20ClN3O5S3/c1-28(36(32,33)23-3-2-16-34-23)21-12-4-17(5-13-21)24(29)26-19-10-14-22(15-11-19)35(30,31)27-20-8-6-18(25)7-9-20/h2-16,27H,1H3,(H,26,29). The van der Waals surface area contributed by atoms with E-state index in [9.17, 15) is 21.6 Å². The van der Waals surface area contributed by atoms with E-state index in [1.807, 2.05) is 0 Å². The molecule has 0 unspecified atom stereocenters. The first-order valence-corrected chi connectivity index (χ1v) is 14.6. The summed E-state index contributed by atoms with van der Waals surface area (Å²) in [5, 5.41) is 4.87. The van der Waals surface area contributed by atoms with Crippen molar-refractivity contribution in [2.75, 3.05) is 21.4 Å². The zero-order valence-electron chi connectivity index (χ0n) is 18.8. The molecule has 0 aliphatic carbocycles. The average molecular weight is 562 g/mol. The van der Waals surface area contributed by atoms with Gasteiger partial charge in [0.15, 0.2) is 0 Å². The number of hydrogen-bond acceptors (Lipinski definition) is 6. The number of rotatable bonds is 8. The Morgan fingerprint density at radius 3 is 2.03 bits per heavy atom. The molecule has 1 amide bonds. The first-order chi connectivity index (χ1) is 17.1. The van der Waals surface area contributed by atoms with Gasteiger partial charge in [-0.1, -0.05) is 17.7 Å². The van der Waals surface area contributed by atoms with Crippen molar-refractivity contribution in [2.45, 2.75) is 9.10 Å². The molecule has 12 heteroatoms. The zero-order valence-corrected chi connectivity index (χ0v) is 22.0. The minimum Gasteiger partial charge on any atom is -0.322 e. The molecule has 0 saturated carbocycles. The molecule has 0 atom stereocenters. The number of thiophene rings is 1. The summed E-state index contributed by atoms with van der Waals surface area (Å²) >= 11 is 6.95. The molecule has 0 aliphatic heterocycles. The number of nitrogens with one attached hydrogen (secondary N) is 2. The molecule has 2 N–H and O–H groups in total. The number of anilines is 3. The summed E-state index contributed by atoms with van der Waals surface area (Å²) in [6, 6.07) is 21.3. The Bertz CT molecular complexity index is 1570. The number of halogens is 1. The minimum atomic E-state index is -3.82. The molecular weight excluding hydrogens is 542 g/mol. The summed E-state index contributed by atoms with van der Waals surface area (Å²) in [6.07, 6.45) is 0. The molecule has 0 aliphatic rings. The van der Waals surface area contributed by atoms with Gasteiger partial charge in [-0.2, -0.15) is 0 Å². The van der Waals surface area contributed by atoms with Crippen LogP contribution in [0.3, 0.4) is 0 Å². The quantitative estimate of drug-likeness (QED) is 0.304. The van der Waals surface area contributed by atoms with Gasteiger partial charge in [0.1, 0.15) is 4.21 Å². The van der Waals surface area contributed by atoms with Crippen LogP contribution in [0.15, 0.2) is 99.4 Å². The molecule has 0 spiro atoms. The highest BCUT2D eigenvalue weighted by Gasteiger charge is 2.22. The van der Waals surface area contributed by atoms with E-state index in [0.29, 0.717) is 27.6 Å². The Balaban J connectivity index is 1.42. The van der Waals surface area contributed by atoms with Crippen LogP contribution in [0, 0.1) is 0 Å². The largest absolute Gasteiger partial charge is 0.322 e. The summed E-state index contributed by atoms with van der Waals surface area (Å²) in [6.45, 7) is 0. The maximum absolute atomic E-state index is 12.7. The van der Waals surface area contributed by atoms with Crippen molar-refractivity contribution in [2.24, 2.45) is 0 Å². The molecule has 0 saturated heterocycles. The third kappa shape index (κ3) is 5.71. The lowest BCUT2D eigenvalue weighted by atomic mass is 10.2. The average Bonchev–Trinajstić information content (AvgIpc) is 3.41. The smallest absolute Gasteiger partial charge is 0.273 e. The highest BCUT2D eigenvalue weighted by atomic mass is 35.5. The second kappa shape index (κ2) is 10.3. The highest BCUT2D eigenvalue weighted by Crippen LogP contribution is 2.26. The van der Waals surface area contributed by atoms with Crippen LogP contribution in [0.1, 0.15) is 10.4 Å². The second-order valence-corrected chi connectivity index (χ2v) is 12.8. The molecule has 0 radical (unpaired) electrons. The summed E-state index contributed by atoms with van der Waals surface area (Å²) in [7, 11) is -6.06. The van der Waals surface area contributed by atoms with E-state index in [0.717, 1.165) is 15.6 Å². The van der Waals surface area contributed by atoms with E-state index in [4.69, 9.17) is 11.6 Å². The number of carbonyl (C=O) groups excluding carboxylic acids is 1. The van der Waals surface area contributed by atoms with Gasteiger partial charge in [-0.3, -0.25) is 13.8 Å². The molecule has 0 bridgehead atoms. The Hall–Kier alpha value is -3.38. The molecule has 36 heavy (non-hydrogen) atoms. The normalized spacial score (nSPS) is 11.6. The number of nitrogens with zero attached hydrogens (tertiary/aromatic N) is 1. The van der Waals surface area contributed by atoms with Gasteiger partial charge in [0.05, 0.1) is 10.6 Å². The van der Waals surface area contributed by atoms with Gasteiger partial charge >= 0.3 is 0 Å². The maximum atomic E-state index is 12.7. The van der Waals surface area contributed by atoms with Crippen LogP contribution in [-0.2, 0) is 20.0 Å². The van der Waals surface area contributed by atoms with E-state index in [1.54, 1.807) is 35.7 Å². The van der Waals surface area contributed by atoms with E-state index < -0.39 is 26.0 Å². The summed E-state index contributed by atoms with van der Waals surface area (Å²) in [5.41, 5.74) is 1.48. The van der Waals surface area contributed by atoms with E-state index in [-0.39, 0.29) is 9.10 Å². The predicted octanol–water partition coefficient (Wildman–Crippen LogP) is 5.28. The molecule has 186 valence electrons. The van der Waals surface area contributed by atoms with Gasteiger partial charge in [-0.05, 0) is 84.2 Å². The summed E-state index contributed by atoms with van der Waals surface area (Å²) in [4.78, 5) is 12.7. The SMILES string of the molecule is CN(c1ccc(C(=O)Nc2ccc(S(=O)(=O)Nc3ccc(Cl)cc3)cc2)cc1)S(=O)(=O)c1cccs1. The molecule has 4 rings (SSSR count). The number of hydrogen-bond donors (Lipinski definition) is 2. The fraction of sp³-hybridized carbons (Fsp3) is 0.0417. The number of benzene rings is 3. The van der Waals surface area contributed by atoms with Crippen LogP contribution in [0.25, 0.3) is 0 Å². The number of carbonyl (C=O) groups is 1. The van der Waals surface area contributed by atoms with Gasteiger partial charge in [0.2, 0.25) is 0 Å². The number of sulfonamides is 2. The first kappa shape index (κ1) is 25.7. The Labute approximate surface area is 218 Å². The highest BCUT2D eigenvalue weighted by molar-refractivity contribution is 7.94. The Morgan fingerprint density at radius 1 is 0.833 bits per heavy atom. The van der Waals surface area contributed by atoms with Crippen molar-refractivity contribution in [1.29, 1.82) is 0 Å². The first-order valence-electron chi connectivity index (χ1n) is 10.4. The van der Waals surface area contributed by atoms with Crippen LogP contribution in [0.2, 0.25) is 5.02 Å². The van der Waals surface area contributed by atoms with Gasteiger partial charge in [-0.25, -0.2) is 16.8 Å². The second-order valence-electron chi connectivity index (χ2n) is 7.54. The summed E-state index contributed by atoms with van der Waals surface area (Å²) < 4.78 is 54.4. The molecule has 3 aromatic carbocycles. The van der Waals surface area contributed by atoms with Crippen LogP contribution < -0.4 is 14.3 Å². The Morgan fingerprint density at radius 2 is 1.44 bits per heavy atom. The van der Waals surface area contributed by atoms with Crippen molar-refractivity contribution in [3.63, 3.8) is 0 Å². The van der Waals surface area contributed by atoms with E-state index in [2.05, 4.69) is 10.0 Å². The fourth-order valence-electron chi connectivity index (χ4n) is 3.16. The maximum Gasteiger partial charge on any atom is 0.273 e. The third-order valence-corrected chi connectivity index (χ3v) is 9.93. The van der Waals surface area contributed by atoms with Crippen molar-refractivity contribution in [1.82, 2.24) is 0 Å². The van der Waals surface area contributed by atoms with E-state index in [1.165, 1.54) is 61.6 Å². The third-order valence-electron chi connectivity index (χ3n) is 5.12. The summed E-state index contributed by atoms with van der Waals surface area (Å²) in [5.74, 6) is -0.430. The molecule has 0 fully saturated rings. The van der Waals surface area contributed by atoms with Crippen LogP contribution in [0.5, 0.6) is 0 Å². The molecule has 1 aromatic heterocycles. The zero-order chi connectivity index (χ0) is 25.9. The lowest BCUT2D eigenvalue weighted by Crippen LogP contribution is -2.25. The van der Waals surface area contributed by atoms with Crippen molar-refractivity contribution in [3.05, 3.63) is 101 Å². The van der Waals surface area contributed by atoms with Crippen molar-refractivity contribution >= 4 is 66.0 Å². The molecule has 4 aromatic rings. The molecule has 1 heterocycles. The van der Waals surface area contributed by atoms with Gasteiger partial charge in [0, 0.05) is 29.0 Å². The molecule has 8 nitrogen and oxygen atoms in total. The Kier molecular flexibility index (Phi) is 7.36. The van der Waals surface area contributed by atoms with Crippen molar-refractivity contribution < 1.29 is 21.6 Å². The monoisotopic (exact) mass is 561 g/mol. The topological polar surface area (TPSA) is 113 Å². The minimum absolute atomic E-state index is 0.0230. The predicted molar refractivity (Wildman–Crippen MR) is 143 cm³/mol. The van der Waals surface area contributed by atoms with Gasteiger partial charge < -0.3 is 5.32 Å². The van der Waals surface area contributed by atoms with Crippen LogP contribution in [0.4, 0.5) is 17.1 Å². The fourth-order valence-corrected chi connectivity index (χ4v) is 6.70. The van der Waals surface area contributed by atoms with Gasteiger partial charge in [-0.15, -0.1) is 11.3 Å². The molecular formula is C24H20ClN3O5S3. The number of amides is 1. The van der Waals surface area contributed by atoms with Crippen LogP contribution in [-0.4, -0.2) is 29.8 Å². The van der Waals surface area contributed by atoms with E-state index >= 15 is 0 Å².